The van der Waals surface area contributed by atoms with Crippen LogP contribution >= 0.6 is 0 Å². The third-order valence-corrected chi connectivity index (χ3v) is 5.66. The van der Waals surface area contributed by atoms with E-state index in [0.717, 1.165) is 32.4 Å². The van der Waals surface area contributed by atoms with Crippen LogP contribution in [0.25, 0.3) is 16.9 Å². The number of ether oxygens (including phenoxy) is 1. The second kappa shape index (κ2) is 8.83. The maximum atomic E-state index is 13.4. The minimum absolute atomic E-state index is 0.0506. The van der Waals surface area contributed by atoms with Gasteiger partial charge in [0.2, 0.25) is 0 Å². The number of piperidine rings is 1. The van der Waals surface area contributed by atoms with Gasteiger partial charge in [-0.15, -0.1) is 0 Å². The van der Waals surface area contributed by atoms with E-state index in [1.165, 1.54) is 4.68 Å². The van der Waals surface area contributed by atoms with Crippen molar-refractivity contribution in [2.45, 2.75) is 32.7 Å². The Kier molecular flexibility index (Phi) is 5.99. The number of aromatic nitrogens is 3. The SMILES string of the molecule is COCCCn1cc(C(=O)N2CCCC(C)C2)c2nn(-c3ccccc3)c(=O)c-2c1. The predicted octanol–water partition coefficient (Wildman–Crippen LogP) is 3.05. The molecule has 1 atom stereocenters. The summed E-state index contributed by atoms with van der Waals surface area (Å²) < 4.78 is 8.46. The van der Waals surface area contributed by atoms with Crippen LogP contribution in [0.1, 0.15) is 36.5 Å². The van der Waals surface area contributed by atoms with Crippen molar-refractivity contribution in [2.75, 3.05) is 26.8 Å². The summed E-state index contributed by atoms with van der Waals surface area (Å²) in [5, 5.41) is 4.57. The minimum atomic E-state index is -0.210. The van der Waals surface area contributed by atoms with Gasteiger partial charge in [-0.25, -0.2) is 0 Å². The average molecular weight is 409 g/mol. The number of para-hydroxylation sites is 1. The molecule has 1 fully saturated rings. The molecule has 3 aliphatic heterocycles. The first kappa shape index (κ1) is 20.3. The number of rotatable bonds is 6. The Bertz CT molecular complexity index is 1040. The lowest BCUT2D eigenvalue weighted by Crippen LogP contribution is -2.39. The fraction of sp³-hybridized carbons (Fsp3) is 0.435. The van der Waals surface area contributed by atoms with Crippen LogP contribution in [0.2, 0.25) is 0 Å². The Morgan fingerprint density at radius 3 is 2.77 bits per heavy atom. The number of fused-ring (bicyclic) bond motifs is 1. The van der Waals surface area contributed by atoms with E-state index in [0.29, 0.717) is 41.6 Å². The van der Waals surface area contributed by atoms with Crippen molar-refractivity contribution >= 4 is 5.91 Å². The molecule has 1 unspecified atom stereocenters. The zero-order valence-corrected chi connectivity index (χ0v) is 17.6. The average Bonchev–Trinajstić information content (AvgIpc) is 3.10. The van der Waals surface area contributed by atoms with Gasteiger partial charge < -0.3 is 14.2 Å². The summed E-state index contributed by atoms with van der Waals surface area (Å²) in [5.74, 6) is 0.429. The van der Waals surface area contributed by atoms with Gasteiger partial charge in [0.1, 0.15) is 5.69 Å². The van der Waals surface area contributed by atoms with E-state index in [1.807, 2.05) is 46.0 Å². The molecule has 1 aromatic rings. The van der Waals surface area contributed by atoms with Crippen molar-refractivity contribution in [3.63, 3.8) is 0 Å². The Morgan fingerprint density at radius 2 is 2.03 bits per heavy atom. The molecule has 3 heterocycles. The lowest BCUT2D eigenvalue weighted by molar-refractivity contribution is 0.0682. The van der Waals surface area contributed by atoms with Crippen LogP contribution in [0.15, 0.2) is 47.5 Å². The lowest BCUT2D eigenvalue weighted by atomic mass is 9.99. The molecule has 0 aromatic heterocycles. The number of nitrogens with zero attached hydrogens (tertiary/aromatic N) is 4. The molecule has 1 aromatic carbocycles. The molecule has 3 aliphatic rings. The Hall–Kier alpha value is -2.93. The zero-order chi connectivity index (χ0) is 21.1. The van der Waals surface area contributed by atoms with E-state index in [-0.39, 0.29) is 11.5 Å². The predicted molar refractivity (Wildman–Crippen MR) is 115 cm³/mol. The van der Waals surface area contributed by atoms with Crippen LogP contribution in [0.4, 0.5) is 0 Å². The molecule has 0 radical (unpaired) electrons. The molecule has 1 amide bonds. The molecular formula is C23H28N4O3. The third-order valence-electron chi connectivity index (χ3n) is 5.66. The van der Waals surface area contributed by atoms with Gasteiger partial charge in [-0.05, 0) is 37.3 Å². The van der Waals surface area contributed by atoms with Crippen LogP contribution in [0, 0.1) is 5.92 Å². The second-order valence-electron chi connectivity index (χ2n) is 8.07. The van der Waals surface area contributed by atoms with Gasteiger partial charge >= 0.3 is 0 Å². The standard InChI is InChI=1S/C23H28N4O3/c1-17-8-6-12-26(14-17)22(28)19-15-25(11-7-13-30-2)16-20-21(19)24-27(23(20)29)18-9-4-3-5-10-18/h3-5,9-10,15-17H,6-8,11-14H2,1-2H3. The van der Waals surface area contributed by atoms with E-state index >= 15 is 0 Å². The van der Waals surface area contributed by atoms with Gasteiger partial charge in [0.25, 0.3) is 11.5 Å². The first-order valence-corrected chi connectivity index (χ1v) is 10.5. The van der Waals surface area contributed by atoms with Gasteiger partial charge in [-0.2, -0.15) is 9.78 Å². The Balaban J connectivity index is 1.80. The summed E-state index contributed by atoms with van der Waals surface area (Å²) in [6, 6.07) is 9.31. The number of benzene rings is 1. The second-order valence-corrected chi connectivity index (χ2v) is 8.07. The number of amides is 1. The van der Waals surface area contributed by atoms with Crippen molar-refractivity contribution < 1.29 is 9.53 Å². The molecule has 4 rings (SSSR count). The number of aryl methyl sites for hydroxylation is 1. The van der Waals surface area contributed by atoms with Crippen LogP contribution in [0.3, 0.4) is 0 Å². The summed E-state index contributed by atoms with van der Waals surface area (Å²) in [6.45, 7) is 4.93. The molecule has 158 valence electrons. The van der Waals surface area contributed by atoms with Crippen molar-refractivity contribution in [3.8, 4) is 16.9 Å². The molecule has 0 N–H and O–H groups in total. The van der Waals surface area contributed by atoms with E-state index in [9.17, 15) is 9.59 Å². The molecule has 0 saturated carbocycles. The Morgan fingerprint density at radius 1 is 1.23 bits per heavy atom. The number of hydrogen-bond donors (Lipinski definition) is 0. The summed E-state index contributed by atoms with van der Waals surface area (Å²) in [7, 11) is 1.67. The number of methoxy groups -OCH3 is 1. The summed E-state index contributed by atoms with van der Waals surface area (Å²) in [6.07, 6.45) is 6.57. The topological polar surface area (TPSA) is 69.4 Å². The highest BCUT2D eigenvalue weighted by Crippen LogP contribution is 2.26. The van der Waals surface area contributed by atoms with Gasteiger partial charge in [-0.1, -0.05) is 25.1 Å². The smallest absolute Gasteiger partial charge is 0.282 e. The maximum absolute atomic E-state index is 13.4. The molecular weight excluding hydrogens is 380 g/mol. The third kappa shape index (κ3) is 4.03. The van der Waals surface area contributed by atoms with E-state index in [2.05, 4.69) is 12.0 Å². The summed E-state index contributed by atoms with van der Waals surface area (Å²) in [5.41, 5.74) is 1.90. The minimum Gasteiger partial charge on any atom is -0.385 e. The van der Waals surface area contributed by atoms with Crippen LogP contribution in [-0.4, -0.2) is 52.0 Å². The lowest BCUT2D eigenvalue weighted by Gasteiger charge is -2.31. The molecule has 0 spiro atoms. The molecule has 0 aliphatic carbocycles. The molecule has 1 saturated heterocycles. The Labute approximate surface area is 176 Å². The number of likely N-dealkylation sites (tertiary alicyclic amines) is 1. The monoisotopic (exact) mass is 408 g/mol. The number of carbonyl (C=O) groups is 1. The van der Waals surface area contributed by atoms with Crippen LogP contribution in [-0.2, 0) is 11.3 Å². The quantitative estimate of drug-likeness (QED) is 0.588. The normalized spacial score (nSPS) is 16.9. The van der Waals surface area contributed by atoms with Crippen molar-refractivity contribution in [3.05, 3.63) is 58.6 Å². The van der Waals surface area contributed by atoms with E-state index in [4.69, 9.17) is 4.74 Å². The first-order valence-electron chi connectivity index (χ1n) is 10.5. The van der Waals surface area contributed by atoms with E-state index < -0.39 is 0 Å². The van der Waals surface area contributed by atoms with Crippen molar-refractivity contribution in [1.29, 1.82) is 0 Å². The van der Waals surface area contributed by atoms with Crippen molar-refractivity contribution in [2.24, 2.45) is 5.92 Å². The van der Waals surface area contributed by atoms with Gasteiger partial charge in [0, 0.05) is 45.7 Å². The molecule has 0 bridgehead atoms. The largest absolute Gasteiger partial charge is 0.385 e. The highest BCUT2D eigenvalue weighted by molar-refractivity contribution is 6.00. The van der Waals surface area contributed by atoms with Crippen molar-refractivity contribution in [1.82, 2.24) is 19.2 Å². The van der Waals surface area contributed by atoms with Crippen LogP contribution < -0.4 is 5.56 Å². The summed E-state index contributed by atoms with van der Waals surface area (Å²) >= 11 is 0. The number of hydrogen-bond acceptors (Lipinski definition) is 4. The maximum Gasteiger partial charge on any atom is 0.282 e. The van der Waals surface area contributed by atoms with Crippen LogP contribution in [0.5, 0.6) is 0 Å². The van der Waals surface area contributed by atoms with Gasteiger partial charge in [0.15, 0.2) is 0 Å². The summed E-state index contributed by atoms with van der Waals surface area (Å²) in [4.78, 5) is 28.5. The highest BCUT2D eigenvalue weighted by Gasteiger charge is 2.29. The number of pyridine rings is 1. The number of carbonyl (C=O) groups excluding carboxylic acids is 1. The molecule has 30 heavy (non-hydrogen) atoms. The fourth-order valence-electron chi connectivity index (χ4n) is 4.13. The van der Waals surface area contributed by atoms with E-state index in [1.54, 1.807) is 13.3 Å². The fourth-order valence-corrected chi connectivity index (χ4v) is 4.13. The zero-order valence-electron chi connectivity index (χ0n) is 17.6. The molecule has 7 nitrogen and oxygen atoms in total. The van der Waals surface area contributed by atoms with Gasteiger partial charge in [0.05, 0.1) is 16.8 Å². The highest BCUT2D eigenvalue weighted by atomic mass is 16.5. The molecule has 7 heteroatoms. The first-order chi connectivity index (χ1) is 14.6. The van der Waals surface area contributed by atoms with Gasteiger partial charge in [-0.3, -0.25) is 9.59 Å².